The van der Waals surface area contributed by atoms with Crippen LogP contribution in [0.1, 0.15) is 32.0 Å². The normalized spacial score (nSPS) is 19.0. The van der Waals surface area contributed by atoms with Crippen molar-refractivity contribution in [1.82, 2.24) is 20.2 Å². The second-order valence-electron chi connectivity index (χ2n) is 6.98. The van der Waals surface area contributed by atoms with Crippen LogP contribution in [0.5, 0.6) is 0 Å². The van der Waals surface area contributed by atoms with E-state index in [0.717, 1.165) is 36.1 Å². The van der Waals surface area contributed by atoms with Crippen LogP contribution < -0.4 is 5.32 Å². The van der Waals surface area contributed by atoms with E-state index in [9.17, 15) is 9.59 Å². The molecule has 2 atom stereocenters. The Morgan fingerprint density at radius 1 is 1.36 bits per heavy atom. The molecular formula is C19H26N4O2. The molecular weight excluding hydrogens is 316 g/mol. The van der Waals surface area contributed by atoms with Gasteiger partial charge in [0.15, 0.2) is 0 Å². The predicted octanol–water partition coefficient (Wildman–Crippen LogP) is 2.12. The lowest BCUT2D eigenvalue weighted by molar-refractivity contribution is -0.130. The fourth-order valence-corrected chi connectivity index (χ4v) is 3.03. The number of imidazole rings is 1. The molecule has 2 unspecified atom stereocenters. The minimum absolute atomic E-state index is 0.0637. The van der Waals surface area contributed by atoms with Crippen molar-refractivity contribution in [1.29, 1.82) is 0 Å². The number of aromatic amines is 1. The van der Waals surface area contributed by atoms with E-state index in [1.165, 1.54) is 0 Å². The third-order valence-corrected chi connectivity index (χ3v) is 4.86. The maximum Gasteiger partial charge on any atom is 0.224 e. The van der Waals surface area contributed by atoms with Crippen LogP contribution in [0.3, 0.4) is 0 Å². The number of nitrogens with one attached hydrogen (secondary N) is 2. The molecule has 1 aromatic heterocycles. The van der Waals surface area contributed by atoms with E-state index in [1.54, 1.807) is 4.90 Å². The summed E-state index contributed by atoms with van der Waals surface area (Å²) in [4.78, 5) is 33.4. The summed E-state index contributed by atoms with van der Waals surface area (Å²) in [6, 6.07) is 7.96. The van der Waals surface area contributed by atoms with E-state index < -0.39 is 0 Å². The zero-order chi connectivity index (χ0) is 17.8. The molecule has 1 fully saturated rings. The van der Waals surface area contributed by atoms with Gasteiger partial charge in [-0.25, -0.2) is 4.98 Å². The monoisotopic (exact) mass is 342 g/mol. The summed E-state index contributed by atoms with van der Waals surface area (Å²) < 4.78 is 0. The first-order chi connectivity index (χ1) is 12.0. The summed E-state index contributed by atoms with van der Waals surface area (Å²) in [6.07, 6.45) is 2.99. The van der Waals surface area contributed by atoms with E-state index in [2.05, 4.69) is 22.2 Å². The summed E-state index contributed by atoms with van der Waals surface area (Å²) in [7, 11) is 1.81. The van der Waals surface area contributed by atoms with Gasteiger partial charge in [0, 0.05) is 38.9 Å². The fraction of sp³-hybridized carbons (Fsp3) is 0.526. The topological polar surface area (TPSA) is 78.1 Å². The van der Waals surface area contributed by atoms with Crippen molar-refractivity contribution in [2.24, 2.45) is 11.8 Å². The largest absolute Gasteiger partial charge is 0.355 e. The molecule has 1 saturated carbocycles. The summed E-state index contributed by atoms with van der Waals surface area (Å²) in [5, 5.41) is 2.86. The Morgan fingerprint density at radius 2 is 2.12 bits per heavy atom. The van der Waals surface area contributed by atoms with Gasteiger partial charge < -0.3 is 15.2 Å². The molecule has 0 saturated heterocycles. The van der Waals surface area contributed by atoms with Gasteiger partial charge in [-0.3, -0.25) is 9.59 Å². The number of aryl methyl sites for hydroxylation is 1. The first-order valence-electron chi connectivity index (χ1n) is 9.00. The number of carbonyl (C=O) groups is 2. The van der Waals surface area contributed by atoms with Crippen molar-refractivity contribution in [3.05, 3.63) is 30.1 Å². The molecule has 0 spiro atoms. The number of H-pyrrole nitrogens is 1. The number of fused-ring (bicyclic) bond motifs is 1. The van der Waals surface area contributed by atoms with Gasteiger partial charge in [-0.1, -0.05) is 19.1 Å². The van der Waals surface area contributed by atoms with Crippen LogP contribution >= 0.6 is 0 Å². The summed E-state index contributed by atoms with van der Waals surface area (Å²) >= 11 is 0. The van der Waals surface area contributed by atoms with Gasteiger partial charge >= 0.3 is 0 Å². The maximum absolute atomic E-state index is 12.1. The summed E-state index contributed by atoms with van der Waals surface area (Å²) in [6.45, 7) is 3.18. The smallest absolute Gasteiger partial charge is 0.224 e. The second-order valence-corrected chi connectivity index (χ2v) is 6.98. The lowest BCUT2D eigenvalue weighted by atomic mass is 10.2. The number of rotatable bonds is 8. The Labute approximate surface area is 148 Å². The molecule has 0 radical (unpaired) electrons. The van der Waals surface area contributed by atoms with E-state index in [0.29, 0.717) is 25.4 Å². The molecule has 2 amide bonds. The van der Waals surface area contributed by atoms with Gasteiger partial charge in [0.05, 0.1) is 11.0 Å². The maximum atomic E-state index is 12.1. The molecule has 0 bridgehead atoms. The third-order valence-electron chi connectivity index (χ3n) is 4.86. The molecule has 2 N–H and O–H groups in total. The third kappa shape index (κ3) is 4.59. The predicted molar refractivity (Wildman–Crippen MR) is 96.9 cm³/mol. The van der Waals surface area contributed by atoms with E-state index in [-0.39, 0.29) is 17.7 Å². The highest BCUT2D eigenvalue weighted by Gasteiger charge is 2.38. The average molecular weight is 342 g/mol. The lowest BCUT2D eigenvalue weighted by Crippen LogP contribution is -2.33. The van der Waals surface area contributed by atoms with Crippen molar-refractivity contribution >= 4 is 22.8 Å². The van der Waals surface area contributed by atoms with Gasteiger partial charge in [0.2, 0.25) is 11.8 Å². The zero-order valence-corrected chi connectivity index (χ0v) is 14.9. The van der Waals surface area contributed by atoms with Crippen LogP contribution in [0, 0.1) is 11.8 Å². The van der Waals surface area contributed by atoms with Crippen molar-refractivity contribution in [2.75, 3.05) is 20.1 Å². The summed E-state index contributed by atoms with van der Waals surface area (Å²) in [5.41, 5.74) is 2.02. The van der Waals surface area contributed by atoms with E-state index >= 15 is 0 Å². The van der Waals surface area contributed by atoms with Gasteiger partial charge in [0.25, 0.3) is 0 Å². The Morgan fingerprint density at radius 3 is 2.84 bits per heavy atom. The molecule has 6 heteroatoms. The van der Waals surface area contributed by atoms with Crippen molar-refractivity contribution in [2.45, 2.75) is 32.6 Å². The Kier molecular flexibility index (Phi) is 5.36. The Bertz CT molecular complexity index is 722. The first kappa shape index (κ1) is 17.5. The average Bonchev–Trinajstić information content (AvgIpc) is 3.18. The van der Waals surface area contributed by atoms with E-state index in [4.69, 9.17) is 0 Å². The van der Waals surface area contributed by atoms with Crippen LogP contribution in [0.15, 0.2) is 24.3 Å². The van der Waals surface area contributed by atoms with Crippen LogP contribution in [-0.2, 0) is 16.0 Å². The quantitative estimate of drug-likeness (QED) is 0.771. The lowest BCUT2D eigenvalue weighted by Gasteiger charge is -2.17. The highest BCUT2D eigenvalue weighted by Crippen LogP contribution is 2.37. The number of amides is 2. The minimum Gasteiger partial charge on any atom is -0.355 e. The number of hydrogen-bond acceptors (Lipinski definition) is 3. The SMILES string of the molecule is CC1CC1C(=O)NCCC(=O)N(C)CCCc1nc2ccccc2[nH]1. The Hall–Kier alpha value is -2.37. The molecule has 1 heterocycles. The molecule has 6 nitrogen and oxygen atoms in total. The van der Waals surface area contributed by atoms with Crippen LogP contribution in [0.25, 0.3) is 11.0 Å². The number of aromatic nitrogens is 2. The van der Waals surface area contributed by atoms with Crippen molar-refractivity contribution < 1.29 is 9.59 Å². The number of carbonyl (C=O) groups excluding carboxylic acids is 2. The summed E-state index contributed by atoms with van der Waals surface area (Å²) in [5.74, 6) is 1.77. The zero-order valence-electron chi connectivity index (χ0n) is 14.9. The second kappa shape index (κ2) is 7.68. The minimum atomic E-state index is 0.0637. The van der Waals surface area contributed by atoms with Crippen molar-refractivity contribution in [3.8, 4) is 0 Å². The number of benzene rings is 1. The van der Waals surface area contributed by atoms with Gasteiger partial charge in [-0.15, -0.1) is 0 Å². The van der Waals surface area contributed by atoms with Crippen LogP contribution in [0.2, 0.25) is 0 Å². The fourth-order valence-electron chi connectivity index (χ4n) is 3.03. The highest BCUT2D eigenvalue weighted by atomic mass is 16.2. The molecule has 1 aromatic carbocycles. The van der Waals surface area contributed by atoms with Crippen LogP contribution in [-0.4, -0.2) is 46.8 Å². The number of para-hydroxylation sites is 2. The first-order valence-corrected chi connectivity index (χ1v) is 9.00. The Balaban J connectivity index is 1.34. The van der Waals surface area contributed by atoms with E-state index in [1.807, 2.05) is 31.3 Å². The molecule has 1 aliphatic rings. The molecule has 0 aliphatic heterocycles. The van der Waals surface area contributed by atoms with Gasteiger partial charge in [0.1, 0.15) is 5.82 Å². The van der Waals surface area contributed by atoms with Gasteiger partial charge in [-0.2, -0.15) is 0 Å². The van der Waals surface area contributed by atoms with Crippen LogP contribution in [0.4, 0.5) is 0 Å². The molecule has 3 rings (SSSR count). The molecule has 134 valence electrons. The molecule has 1 aliphatic carbocycles. The van der Waals surface area contributed by atoms with Gasteiger partial charge in [-0.05, 0) is 30.9 Å². The molecule has 25 heavy (non-hydrogen) atoms. The highest BCUT2D eigenvalue weighted by molar-refractivity contribution is 5.82. The number of hydrogen-bond donors (Lipinski definition) is 2. The van der Waals surface area contributed by atoms with Crippen molar-refractivity contribution in [3.63, 3.8) is 0 Å². The molecule has 2 aromatic rings. The standard InChI is InChI=1S/C19H26N4O2/c1-13-12-14(13)19(25)20-10-9-18(24)23(2)11-5-8-17-21-15-6-3-4-7-16(15)22-17/h3-4,6-7,13-14H,5,8-12H2,1-2H3,(H,20,25)(H,21,22). The number of nitrogens with zero attached hydrogens (tertiary/aromatic N) is 2.